The summed E-state index contributed by atoms with van der Waals surface area (Å²) in [6.07, 6.45) is 7.09. The summed E-state index contributed by atoms with van der Waals surface area (Å²) in [7, 11) is 0. The molecule has 0 aliphatic carbocycles. The topological polar surface area (TPSA) is 63.1 Å². The third-order valence-corrected chi connectivity index (χ3v) is 3.27. The quantitative estimate of drug-likeness (QED) is 0.875. The van der Waals surface area contributed by atoms with Crippen molar-refractivity contribution in [1.82, 2.24) is 9.97 Å². The van der Waals surface area contributed by atoms with E-state index >= 15 is 0 Å². The maximum Gasteiger partial charge on any atom is 0.303 e. The van der Waals surface area contributed by atoms with Gasteiger partial charge in [-0.15, -0.1) is 0 Å². The number of carbonyl (C=O) groups is 1. The van der Waals surface area contributed by atoms with E-state index in [1.165, 1.54) is 11.9 Å². The zero-order chi connectivity index (χ0) is 14.4. The van der Waals surface area contributed by atoms with Gasteiger partial charge in [-0.1, -0.05) is 31.2 Å². The molecule has 1 aromatic heterocycles. The van der Waals surface area contributed by atoms with Crippen molar-refractivity contribution in [2.24, 2.45) is 5.92 Å². The summed E-state index contributed by atoms with van der Waals surface area (Å²) in [4.78, 5) is 18.7. The molecule has 2 rings (SSSR count). The number of aryl methyl sites for hydroxylation is 1. The van der Waals surface area contributed by atoms with Crippen molar-refractivity contribution >= 4 is 5.97 Å². The van der Waals surface area contributed by atoms with Crippen LogP contribution in [0.15, 0.2) is 43.0 Å². The Kier molecular flexibility index (Phi) is 4.82. The molecule has 1 atom stereocenters. The fourth-order valence-corrected chi connectivity index (χ4v) is 2.17. The number of hydrogen-bond acceptors (Lipinski definition) is 3. The second-order valence-electron chi connectivity index (χ2n) is 5.07. The van der Waals surface area contributed by atoms with Crippen LogP contribution < -0.4 is 0 Å². The lowest BCUT2D eigenvalue weighted by molar-refractivity contribution is -0.138. The van der Waals surface area contributed by atoms with Crippen molar-refractivity contribution in [2.45, 2.75) is 26.2 Å². The van der Waals surface area contributed by atoms with E-state index in [2.05, 4.69) is 22.1 Å². The Hall–Kier alpha value is -2.23. The predicted molar refractivity (Wildman–Crippen MR) is 77.2 cm³/mol. The first-order chi connectivity index (χ1) is 9.65. The molecule has 104 valence electrons. The molecule has 4 heteroatoms. The summed E-state index contributed by atoms with van der Waals surface area (Å²) in [5.41, 5.74) is 3.30. The van der Waals surface area contributed by atoms with E-state index in [9.17, 15) is 4.79 Å². The monoisotopic (exact) mass is 270 g/mol. The molecule has 0 radical (unpaired) electrons. The smallest absolute Gasteiger partial charge is 0.303 e. The Balaban J connectivity index is 2.02. The summed E-state index contributed by atoms with van der Waals surface area (Å²) in [5.74, 6) is -0.538. The number of carboxylic acid groups (broad SMARTS) is 1. The van der Waals surface area contributed by atoms with Gasteiger partial charge >= 0.3 is 5.97 Å². The Morgan fingerprint density at radius 1 is 1.25 bits per heavy atom. The van der Waals surface area contributed by atoms with E-state index in [0.717, 1.165) is 24.0 Å². The van der Waals surface area contributed by atoms with E-state index < -0.39 is 5.97 Å². The van der Waals surface area contributed by atoms with Crippen LogP contribution in [-0.2, 0) is 11.2 Å². The molecule has 0 amide bonds. The molecule has 1 unspecified atom stereocenters. The fourth-order valence-electron chi connectivity index (χ4n) is 2.17. The van der Waals surface area contributed by atoms with Crippen LogP contribution in [0.3, 0.4) is 0 Å². The van der Waals surface area contributed by atoms with Gasteiger partial charge in [0, 0.05) is 24.4 Å². The molecule has 0 spiro atoms. The van der Waals surface area contributed by atoms with Gasteiger partial charge in [0.15, 0.2) is 0 Å². The van der Waals surface area contributed by atoms with Crippen molar-refractivity contribution in [3.8, 4) is 11.1 Å². The highest BCUT2D eigenvalue weighted by Gasteiger charge is 2.08. The van der Waals surface area contributed by atoms with Crippen LogP contribution in [0.2, 0.25) is 0 Å². The maximum atomic E-state index is 10.6. The molecular weight excluding hydrogens is 252 g/mol. The lowest BCUT2D eigenvalue weighted by Gasteiger charge is -2.09. The largest absolute Gasteiger partial charge is 0.481 e. The van der Waals surface area contributed by atoms with Crippen LogP contribution >= 0.6 is 0 Å². The highest BCUT2D eigenvalue weighted by Crippen LogP contribution is 2.20. The maximum absolute atomic E-state index is 10.6. The lowest BCUT2D eigenvalue weighted by Crippen LogP contribution is -2.05. The molecule has 0 bridgehead atoms. The van der Waals surface area contributed by atoms with Gasteiger partial charge in [-0.05, 0) is 29.9 Å². The minimum atomic E-state index is -0.729. The van der Waals surface area contributed by atoms with Crippen LogP contribution in [0.4, 0.5) is 0 Å². The molecule has 1 N–H and O–H groups in total. The van der Waals surface area contributed by atoms with Gasteiger partial charge in [-0.25, -0.2) is 9.97 Å². The first-order valence-electron chi connectivity index (χ1n) is 6.71. The normalized spacial score (nSPS) is 12.1. The van der Waals surface area contributed by atoms with Gasteiger partial charge in [0.05, 0.1) is 0 Å². The van der Waals surface area contributed by atoms with Crippen LogP contribution in [0, 0.1) is 5.92 Å². The average Bonchev–Trinajstić information content (AvgIpc) is 2.46. The minimum absolute atomic E-state index is 0.191. The molecule has 1 aromatic carbocycles. The van der Waals surface area contributed by atoms with Crippen molar-refractivity contribution in [1.29, 1.82) is 0 Å². The fraction of sp³-hybridized carbons (Fsp3) is 0.312. The zero-order valence-corrected chi connectivity index (χ0v) is 11.5. The Labute approximate surface area is 118 Å². The van der Waals surface area contributed by atoms with Crippen LogP contribution in [0.1, 0.15) is 25.3 Å². The SMILES string of the molecule is CC(CCc1cccc(-c2cncnc2)c1)CC(=O)O. The van der Waals surface area contributed by atoms with E-state index in [4.69, 9.17) is 5.11 Å². The summed E-state index contributed by atoms with van der Waals surface area (Å²) < 4.78 is 0. The summed E-state index contributed by atoms with van der Waals surface area (Å²) >= 11 is 0. The number of benzene rings is 1. The highest BCUT2D eigenvalue weighted by molar-refractivity contribution is 5.67. The van der Waals surface area contributed by atoms with Gasteiger partial charge in [0.25, 0.3) is 0 Å². The minimum Gasteiger partial charge on any atom is -0.481 e. The van der Waals surface area contributed by atoms with Gasteiger partial charge in [0.1, 0.15) is 6.33 Å². The van der Waals surface area contributed by atoms with E-state index in [-0.39, 0.29) is 12.3 Å². The third-order valence-electron chi connectivity index (χ3n) is 3.27. The van der Waals surface area contributed by atoms with Gasteiger partial charge in [-0.3, -0.25) is 4.79 Å². The molecule has 4 nitrogen and oxygen atoms in total. The van der Waals surface area contributed by atoms with Gasteiger partial charge < -0.3 is 5.11 Å². The highest BCUT2D eigenvalue weighted by atomic mass is 16.4. The molecule has 0 aliphatic heterocycles. The standard InChI is InChI=1S/C16H18N2O2/c1-12(7-16(19)20)5-6-13-3-2-4-14(8-13)15-9-17-11-18-10-15/h2-4,8-12H,5-7H2,1H3,(H,19,20). The zero-order valence-electron chi connectivity index (χ0n) is 11.5. The molecular formula is C16H18N2O2. The number of hydrogen-bond donors (Lipinski definition) is 1. The molecule has 2 aromatic rings. The Bertz CT molecular complexity index is 570. The van der Waals surface area contributed by atoms with Crippen molar-refractivity contribution < 1.29 is 9.90 Å². The third kappa shape index (κ3) is 4.16. The van der Waals surface area contributed by atoms with Crippen LogP contribution in [-0.4, -0.2) is 21.0 Å². The van der Waals surface area contributed by atoms with E-state index in [1.807, 2.05) is 19.1 Å². The van der Waals surface area contributed by atoms with E-state index in [1.54, 1.807) is 12.4 Å². The van der Waals surface area contributed by atoms with Crippen molar-refractivity contribution in [2.75, 3.05) is 0 Å². The lowest BCUT2D eigenvalue weighted by atomic mass is 9.96. The molecule has 0 saturated heterocycles. The van der Waals surface area contributed by atoms with Crippen LogP contribution in [0.5, 0.6) is 0 Å². The molecule has 20 heavy (non-hydrogen) atoms. The second kappa shape index (κ2) is 6.80. The van der Waals surface area contributed by atoms with Gasteiger partial charge in [-0.2, -0.15) is 0 Å². The Morgan fingerprint density at radius 2 is 2.00 bits per heavy atom. The first-order valence-corrected chi connectivity index (χ1v) is 6.71. The average molecular weight is 270 g/mol. The first kappa shape index (κ1) is 14.2. The number of aliphatic carboxylic acids is 1. The predicted octanol–water partition coefficient (Wildman–Crippen LogP) is 3.19. The summed E-state index contributed by atoms with van der Waals surface area (Å²) in [6.45, 7) is 1.98. The number of carboxylic acids is 1. The molecule has 0 fully saturated rings. The van der Waals surface area contributed by atoms with Crippen molar-refractivity contribution in [3.63, 3.8) is 0 Å². The van der Waals surface area contributed by atoms with Crippen LogP contribution in [0.25, 0.3) is 11.1 Å². The second-order valence-corrected chi connectivity index (χ2v) is 5.07. The summed E-state index contributed by atoms with van der Waals surface area (Å²) in [5, 5.41) is 8.76. The Morgan fingerprint density at radius 3 is 2.70 bits per heavy atom. The van der Waals surface area contributed by atoms with E-state index in [0.29, 0.717) is 0 Å². The van der Waals surface area contributed by atoms with Gasteiger partial charge in [0.2, 0.25) is 0 Å². The molecule has 1 heterocycles. The summed E-state index contributed by atoms with van der Waals surface area (Å²) in [6, 6.07) is 8.23. The number of nitrogens with zero attached hydrogens (tertiary/aromatic N) is 2. The molecule has 0 aliphatic rings. The number of aromatic nitrogens is 2. The van der Waals surface area contributed by atoms with Crippen molar-refractivity contribution in [3.05, 3.63) is 48.5 Å². The molecule has 0 saturated carbocycles. The number of rotatable bonds is 6.